The van der Waals surface area contributed by atoms with E-state index >= 15 is 0 Å². The van der Waals surface area contributed by atoms with Crippen LogP contribution in [0.1, 0.15) is 47.8 Å². The van der Waals surface area contributed by atoms with Gasteiger partial charge in [0.15, 0.2) is 0 Å². The number of hydrogen-bond donors (Lipinski definition) is 2. The first-order valence-corrected chi connectivity index (χ1v) is 8.37. The van der Waals surface area contributed by atoms with E-state index in [-0.39, 0.29) is 11.3 Å². The molecule has 0 unspecified atom stereocenters. The molecule has 1 amide bonds. The molecule has 2 aromatic rings. The zero-order valence-corrected chi connectivity index (χ0v) is 13.5. The Bertz CT molecular complexity index is 683. The summed E-state index contributed by atoms with van der Waals surface area (Å²) in [7, 11) is 0. The lowest BCUT2D eigenvalue weighted by molar-refractivity contribution is 0.0939. The Morgan fingerprint density at radius 3 is 2.81 bits per heavy atom. The summed E-state index contributed by atoms with van der Waals surface area (Å²) >= 11 is 1.49. The molecule has 0 aliphatic heterocycles. The standard InChI is InChI=1S/C17H22N2OS/c1-11-5-6-13-12(9-11)14(18)15(21-13)16(20)19-10-17(2)7-3-4-8-17/h5-6,9H,3-4,7-8,10,18H2,1-2H3,(H,19,20). The number of thiophene rings is 1. The van der Waals surface area contributed by atoms with Gasteiger partial charge < -0.3 is 11.1 Å². The molecule has 0 saturated heterocycles. The summed E-state index contributed by atoms with van der Waals surface area (Å²) in [5.41, 5.74) is 8.22. The monoisotopic (exact) mass is 302 g/mol. The topological polar surface area (TPSA) is 55.1 Å². The molecule has 3 N–H and O–H groups in total. The van der Waals surface area contributed by atoms with Gasteiger partial charge in [0.25, 0.3) is 5.91 Å². The molecule has 4 heteroatoms. The molecular formula is C17H22N2OS. The van der Waals surface area contributed by atoms with Gasteiger partial charge in [-0.05, 0) is 37.3 Å². The fourth-order valence-electron chi connectivity index (χ4n) is 3.18. The summed E-state index contributed by atoms with van der Waals surface area (Å²) < 4.78 is 1.08. The normalized spacial score (nSPS) is 17.2. The number of benzene rings is 1. The number of aryl methyl sites for hydroxylation is 1. The minimum Gasteiger partial charge on any atom is -0.397 e. The number of nitrogens with two attached hydrogens (primary N) is 1. The van der Waals surface area contributed by atoms with Crippen molar-refractivity contribution in [2.24, 2.45) is 5.41 Å². The molecule has 1 aliphatic rings. The second-order valence-corrected chi connectivity index (χ2v) is 7.60. The first-order valence-electron chi connectivity index (χ1n) is 7.55. The molecule has 0 atom stereocenters. The minimum atomic E-state index is -0.0283. The smallest absolute Gasteiger partial charge is 0.263 e. The fraction of sp³-hybridized carbons (Fsp3) is 0.471. The first kappa shape index (κ1) is 14.4. The third-order valence-corrected chi connectivity index (χ3v) is 5.76. The van der Waals surface area contributed by atoms with Crippen molar-refractivity contribution in [1.82, 2.24) is 5.32 Å². The number of rotatable bonds is 3. The van der Waals surface area contributed by atoms with E-state index in [0.717, 1.165) is 22.2 Å². The van der Waals surface area contributed by atoms with Crippen molar-refractivity contribution in [1.29, 1.82) is 0 Å². The van der Waals surface area contributed by atoms with E-state index in [1.165, 1.54) is 37.0 Å². The van der Waals surface area contributed by atoms with Crippen molar-refractivity contribution in [3.8, 4) is 0 Å². The fourth-order valence-corrected chi connectivity index (χ4v) is 4.20. The Morgan fingerprint density at radius 2 is 2.10 bits per heavy atom. The predicted octanol–water partition coefficient (Wildman–Crippen LogP) is 4.10. The van der Waals surface area contributed by atoms with E-state index in [9.17, 15) is 4.79 Å². The van der Waals surface area contributed by atoms with Crippen molar-refractivity contribution < 1.29 is 4.79 Å². The second kappa shape index (κ2) is 5.34. The molecular weight excluding hydrogens is 280 g/mol. The SMILES string of the molecule is Cc1ccc2sc(C(=O)NCC3(C)CCCC3)c(N)c2c1. The predicted molar refractivity (Wildman–Crippen MR) is 89.9 cm³/mol. The maximum absolute atomic E-state index is 12.4. The minimum absolute atomic E-state index is 0.0283. The highest BCUT2D eigenvalue weighted by Crippen LogP contribution is 2.37. The van der Waals surface area contributed by atoms with Gasteiger partial charge in [-0.3, -0.25) is 4.79 Å². The first-order chi connectivity index (χ1) is 9.98. The third kappa shape index (κ3) is 2.77. The van der Waals surface area contributed by atoms with Crippen LogP contribution in [0, 0.1) is 12.3 Å². The molecule has 112 valence electrons. The van der Waals surface area contributed by atoms with Gasteiger partial charge in [0.05, 0.1) is 5.69 Å². The highest BCUT2D eigenvalue weighted by Gasteiger charge is 2.29. The van der Waals surface area contributed by atoms with Gasteiger partial charge in [-0.1, -0.05) is 31.4 Å². The second-order valence-electron chi connectivity index (χ2n) is 6.54. The zero-order valence-electron chi connectivity index (χ0n) is 12.7. The Morgan fingerprint density at radius 1 is 1.38 bits per heavy atom. The van der Waals surface area contributed by atoms with E-state index in [2.05, 4.69) is 24.4 Å². The van der Waals surface area contributed by atoms with Gasteiger partial charge in [-0.15, -0.1) is 11.3 Å². The molecule has 1 aliphatic carbocycles. The third-order valence-electron chi connectivity index (χ3n) is 4.57. The lowest BCUT2D eigenvalue weighted by Crippen LogP contribution is -2.34. The molecule has 1 saturated carbocycles. The van der Waals surface area contributed by atoms with E-state index in [4.69, 9.17) is 5.73 Å². The molecule has 3 nitrogen and oxygen atoms in total. The Kier molecular flexibility index (Phi) is 3.66. The summed E-state index contributed by atoms with van der Waals surface area (Å²) in [5.74, 6) is -0.0283. The Hall–Kier alpha value is -1.55. The van der Waals surface area contributed by atoms with Crippen LogP contribution in [-0.2, 0) is 0 Å². The summed E-state index contributed by atoms with van der Waals surface area (Å²) in [5, 5.41) is 4.09. The van der Waals surface area contributed by atoms with Crippen LogP contribution in [0.15, 0.2) is 18.2 Å². The van der Waals surface area contributed by atoms with E-state index < -0.39 is 0 Å². The number of carbonyl (C=O) groups excluding carboxylic acids is 1. The lowest BCUT2D eigenvalue weighted by atomic mass is 9.89. The largest absolute Gasteiger partial charge is 0.397 e. The van der Waals surface area contributed by atoms with Crippen molar-refractivity contribution in [2.75, 3.05) is 12.3 Å². The molecule has 3 rings (SSSR count). The van der Waals surface area contributed by atoms with Crippen LogP contribution >= 0.6 is 11.3 Å². The van der Waals surface area contributed by atoms with Gasteiger partial charge in [0, 0.05) is 16.6 Å². The van der Waals surface area contributed by atoms with E-state index in [1.54, 1.807) is 0 Å². The summed E-state index contributed by atoms with van der Waals surface area (Å²) in [6.07, 6.45) is 4.95. The quantitative estimate of drug-likeness (QED) is 0.896. The molecule has 1 fully saturated rings. The van der Waals surface area contributed by atoms with Gasteiger partial charge in [0.1, 0.15) is 4.88 Å². The molecule has 1 heterocycles. The average Bonchev–Trinajstić information content (AvgIpc) is 3.02. The Labute approximate surface area is 129 Å². The average molecular weight is 302 g/mol. The summed E-state index contributed by atoms with van der Waals surface area (Å²) in [6, 6.07) is 6.15. The van der Waals surface area contributed by atoms with Gasteiger partial charge in [0.2, 0.25) is 0 Å². The highest BCUT2D eigenvalue weighted by molar-refractivity contribution is 7.21. The Balaban J connectivity index is 1.80. The molecule has 0 spiro atoms. The van der Waals surface area contributed by atoms with E-state index in [0.29, 0.717) is 10.6 Å². The van der Waals surface area contributed by atoms with Crippen molar-refractivity contribution >= 4 is 33.0 Å². The van der Waals surface area contributed by atoms with Crippen LogP contribution in [0.25, 0.3) is 10.1 Å². The van der Waals surface area contributed by atoms with Gasteiger partial charge in [-0.2, -0.15) is 0 Å². The number of nitrogens with one attached hydrogen (secondary N) is 1. The van der Waals surface area contributed by atoms with Gasteiger partial charge >= 0.3 is 0 Å². The van der Waals surface area contributed by atoms with Crippen LogP contribution in [0.3, 0.4) is 0 Å². The van der Waals surface area contributed by atoms with Crippen LogP contribution in [-0.4, -0.2) is 12.5 Å². The number of amides is 1. The van der Waals surface area contributed by atoms with E-state index in [1.807, 2.05) is 13.0 Å². The van der Waals surface area contributed by atoms with Crippen molar-refractivity contribution in [3.63, 3.8) is 0 Å². The number of nitrogen functional groups attached to an aromatic ring is 1. The maximum atomic E-state index is 12.4. The number of hydrogen-bond acceptors (Lipinski definition) is 3. The number of fused-ring (bicyclic) bond motifs is 1. The molecule has 1 aromatic heterocycles. The number of anilines is 1. The summed E-state index contributed by atoms with van der Waals surface area (Å²) in [6.45, 7) is 5.05. The number of carbonyl (C=O) groups is 1. The van der Waals surface area contributed by atoms with Gasteiger partial charge in [-0.25, -0.2) is 0 Å². The summed E-state index contributed by atoms with van der Waals surface area (Å²) in [4.78, 5) is 13.1. The van der Waals surface area contributed by atoms with Crippen LogP contribution in [0.2, 0.25) is 0 Å². The van der Waals surface area contributed by atoms with Crippen LogP contribution in [0.5, 0.6) is 0 Å². The van der Waals surface area contributed by atoms with Crippen molar-refractivity contribution in [3.05, 3.63) is 28.6 Å². The maximum Gasteiger partial charge on any atom is 0.263 e. The zero-order chi connectivity index (χ0) is 15.0. The molecule has 1 aromatic carbocycles. The molecule has 0 bridgehead atoms. The van der Waals surface area contributed by atoms with Crippen LogP contribution in [0.4, 0.5) is 5.69 Å². The lowest BCUT2D eigenvalue weighted by Gasteiger charge is -2.23. The van der Waals surface area contributed by atoms with Crippen LogP contribution < -0.4 is 11.1 Å². The molecule has 0 radical (unpaired) electrons. The van der Waals surface area contributed by atoms with Crippen molar-refractivity contribution in [2.45, 2.75) is 39.5 Å². The molecule has 21 heavy (non-hydrogen) atoms. The highest BCUT2D eigenvalue weighted by atomic mass is 32.1.